The maximum atomic E-state index is 12.3. The van der Waals surface area contributed by atoms with E-state index in [0.717, 1.165) is 0 Å². The van der Waals surface area contributed by atoms with E-state index in [9.17, 15) is 24.9 Å². The second-order valence-corrected chi connectivity index (χ2v) is 6.13. The molecule has 1 heterocycles. The zero-order valence-electron chi connectivity index (χ0n) is 13.2. The van der Waals surface area contributed by atoms with E-state index in [0.29, 0.717) is 10.8 Å². The molecule has 6 heteroatoms. The maximum absolute atomic E-state index is 12.3. The second kappa shape index (κ2) is 5.11. The van der Waals surface area contributed by atoms with Crippen molar-refractivity contribution in [2.45, 2.75) is 19.4 Å². The summed E-state index contributed by atoms with van der Waals surface area (Å²) in [7, 11) is 0. The molecule has 0 bridgehead atoms. The fourth-order valence-electron chi connectivity index (χ4n) is 3.36. The largest absolute Gasteiger partial charge is 0.507 e. The van der Waals surface area contributed by atoms with Crippen molar-refractivity contribution in [3.05, 3.63) is 41.5 Å². The first-order valence-electron chi connectivity index (χ1n) is 7.72. The summed E-state index contributed by atoms with van der Waals surface area (Å²) < 4.78 is 5.05. The lowest BCUT2D eigenvalue weighted by molar-refractivity contribution is -0.125. The lowest BCUT2D eigenvalue weighted by Gasteiger charge is -2.25. The second-order valence-electron chi connectivity index (χ2n) is 6.13. The molecule has 1 unspecified atom stereocenters. The minimum atomic E-state index is -1.00. The van der Waals surface area contributed by atoms with Gasteiger partial charge in [0.1, 0.15) is 22.8 Å². The first kappa shape index (κ1) is 15.3. The Hall–Kier alpha value is -3.28. The molecule has 0 saturated heterocycles. The molecule has 0 saturated carbocycles. The molecule has 0 radical (unpaired) electrons. The van der Waals surface area contributed by atoms with Crippen LogP contribution in [0.25, 0.3) is 21.5 Å². The van der Waals surface area contributed by atoms with E-state index < -0.39 is 17.8 Å². The molecule has 6 nitrogen and oxygen atoms in total. The van der Waals surface area contributed by atoms with Crippen molar-refractivity contribution in [2.24, 2.45) is 0 Å². The Balaban J connectivity index is 2.14. The van der Waals surface area contributed by atoms with E-state index in [-0.39, 0.29) is 45.6 Å². The quantitative estimate of drug-likeness (QED) is 0.358. The molecule has 0 fully saturated rings. The van der Waals surface area contributed by atoms with Crippen molar-refractivity contribution < 1.29 is 29.6 Å². The normalized spacial score (nSPS) is 16.7. The van der Waals surface area contributed by atoms with Gasteiger partial charge >= 0.3 is 5.97 Å². The summed E-state index contributed by atoms with van der Waals surface area (Å²) in [5.41, 5.74) is -0.0655. The Bertz CT molecular complexity index is 1080. The number of hydrogen-bond donors (Lipinski definition) is 3. The predicted octanol–water partition coefficient (Wildman–Crippen LogP) is 2.78. The molecule has 3 aromatic carbocycles. The zero-order valence-corrected chi connectivity index (χ0v) is 13.2. The number of carbonyl (C=O) groups is 2. The van der Waals surface area contributed by atoms with E-state index in [1.165, 1.54) is 6.92 Å². The summed E-state index contributed by atoms with van der Waals surface area (Å²) in [6, 6.07) is 8.57. The molecular formula is C19H14O6. The van der Waals surface area contributed by atoms with Crippen LogP contribution in [-0.4, -0.2) is 33.2 Å². The van der Waals surface area contributed by atoms with Crippen molar-refractivity contribution in [2.75, 3.05) is 0 Å². The molecule has 0 spiro atoms. The van der Waals surface area contributed by atoms with Gasteiger partial charge in [0.15, 0.2) is 11.9 Å². The Morgan fingerprint density at radius 3 is 2.52 bits per heavy atom. The van der Waals surface area contributed by atoms with Crippen LogP contribution in [0.15, 0.2) is 30.3 Å². The van der Waals surface area contributed by atoms with Gasteiger partial charge in [-0.1, -0.05) is 24.3 Å². The van der Waals surface area contributed by atoms with Crippen molar-refractivity contribution in [1.82, 2.24) is 0 Å². The summed E-state index contributed by atoms with van der Waals surface area (Å²) in [5.74, 6) is -2.18. The van der Waals surface area contributed by atoms with Crippen LogP contribution < -0.4 is 0 Å². The highest BCUT2D eigenvalue weighted by atomic mass is 16.5. The lowest BCUT2D eigenvalue weighted by Crippen LogP contribution is -2.33. The predicted molar refractivity (Wildman–Crippen MR) is 90.0 cm³/mol. The van der Waals surface area contributed by atoms with Crippen LogP contribution in [0.1, 0.15) is 22.8 Å². The van der Waals surface area contributed by atoms with Gasteiger partial charge in [-0.3, -0.25) is 4.79 Å². The average molecular weight is 338 g/mol. The maximum Gasteiger partial charge on any atom is 0.343 e. The lowest BCUT2D eigenvalue weighted by atomic mass is 9.89. The molecule has 3 N–H and O–H groups in total. The fourth-order valence-corrected chi connectivity index (χ4v) is 3.36. The van der Waals surface area contributed by atoms with E-state index in [1.807, 2.05) is 0 Å². The number of aromatic hydroxyl groups is 3. The van der Waals surface area contributed by atoms with E-state index >= 15 is 0 Å². The fraction of sp³-hybridized carbons (Fsp3) is 0.158. The number of carbonyl (C=O) groups excluding carboxylic acids is 2. The van der Waals surface area contributed by atoms with Gasteiger partial charge in [0.05, 0.1) is 5.39 Å². The number of Topliss-reactive ketones (excluding diaryl/α,β-unsaturated/α-hetero) is 1. The van der Waals surface area contributed by atoms with Crippen molar-refractivity contribution in [3.8, 4) is 17.2 Å². The third kappa shape index (κ3) is 2.04. The van der Waals surface area contributed by atoms with Crippen LogP contribution in [0.2, 0.25) is 0 Å². The highest BCUT2D eigenvalue weighted by molar-refractivity contribution is 6.14. The van der Waals surface area contributed by atoms with Gasteiger partial charge in [0.25, 0.3) is 0 Å². The third-order valence-electron chi connectivity index (χ3n) is 4.63. The first-order chi connectivity index (χ1) is 11.9. The summed E-state index contributed by atoms with van der Waals surface area (Å²) in [4.78, 5) is 23.8. The van der Waals surface area contributed by atoms with Gasteiger partial charge < -0.3 is 20.1 Å². The highest BCUT2D eigenvalue weighted by Crippen LogP contribution is 2.48. The molecule has 1 aliphatic rings. The van der Waals surface area contributed by atoms with E-state index in [4.69, 9.17) is 4.74 Å². The number of phenolic OH excluding ortho intramolecular Hbond substituents is 3. The molecule has 25 heavy (non-hydrogen) atoms. The average Bonchev–Trinajstić information content (AvgIpc) is 2.58. The van der Waals surface area contributed by atoms with Crippen molar-refractivity contribution in [1.29, 1.82) is 0 Å². The minimum absolute atomic E-state index is 0.0202. The van der Waals surface area contributed by atoms with Crippen LogP contribution in [-0.2, 0) is 16.0 Å². The highest BCUT2D eigenvalue weighted by Gasteiger charge is 2.36. The Morgan fingerprint density at radius 1 is 1.08 bits per heavy atom. The smallest absolute Gasteiger partial charge is 0.343 e. The molecule has 0 aliphatic carbocycles. The standard InChI is InChI=1S/C19H14O6/c1-8(20)13-7-12-15(19(24)25-13)18(23)14-11(16(12)21)6-9-4-2-3-5-10(9)17(14)22/h2-6,13,21-23H,7H2,1H3. The van der Waals surface area contributed by atoms with Crippen LogP contribution in [0.4, 0.5) is 0 Å². The SMILES string of the molecule is CC(=O)C1Cc2c(c(O)c3c(O)c4ccccc4cc3c2O)C(=O)O1. The Morgan fingerprint density at radius 2 is 1.80 bits per heavy atom. The Labute approximate surface area is 141 Å². The Kier molecular flexibility index (Phi) is 3.12. The van der Waals surface area contributed by atoms with Gasteiger partial charge in [-0.2, -0.15) is 0 Å². The van der Waals surface area contributed by atoms with Crippen molar-refractivity contribution in [3.63, 3.8) is 0 Å². The molecule has 1 aliphatic heterocycles. The zero-order chi connectivity index (χ0) is 17.9. The first-order valence-corrected chi connectivity index (χ1v) is 7.72. The van der Waals surface area contributed by atoms with Crippen LogP contribution in [0.3, 0.4) is 0 Å². The number of esters is 1. The summed E-state index contributed by atoms with van der Waals surface area (Å²) in [6.45, 7) is 1.29. The minimum Gasteiger partial charge on any atom is -0.507 e. The summed E-state index contributed by atoms with van der Waals surface area (Å²) in [5, 5.41) is 33.2. The monoisotopic (exact) mass is 338 g/mol. The van der Waals surface area contributed by atoms with E-state index in [2.05, 4.69) is 0 Å². The van der Waals surface area contributed by atoms with Gasteiger partial charge in [-0.25, -0.2) is 4.79 Å². The molecule has 0 aromatic heterocycles. The van der Waals surface area contributed by atoms with E-state index in [1.54, 1.807) is 30.3 Å². The third-order valence-corrected chi connectivity index (χ3v) is 4.63. The van der Waals surface area contributed by atoms with Gasteiger partial charge in [-0.15, -0.1) is 0 Å². The molecule has 1 atom stereocenters. The molecule has 4 rings (SSSR count). The summed E-state index contributed by atoms with van der Waals surface area (Å²) >= 11 is 0. The van der Waals surface area contributed by atoms with Gasteiger partial charge in [0.2, 0.25) is 0 Å². The number of rotatable bonds is 1. The van der Waals surface area contributed by atoms with Crippen LogP contribution in [0.5, 0.6) is 17.2 Å². The van der Waals surface area contributed by atoms with Crippen LogP contribution >= 0.6 is 0 Å². The number of hydrogen-bond acceptors (Lipinski definition) is 6. The number of benzene rings is 3. The number of phenols is 3. The van der Waals surface area contributed by atoms with Crippen LogP contribution in [0, 0.1) is 0 Å². The molecule has 3 aromatic rings. The molecular weight excluding hydrogens is 324 g/mol. The molecule has 0 amide bonds. The topological polar surface area (TPSA) is 104 Å². The van der Waals surface area contributed by atoms with Crippen molar-refractivity contribution >= 4 is 33.3 Å². The van der Waals surface area contributed by atoms with Gasteiger partial charge in [0, 0.05) is 22.8 Å². The number of ketones is 1. The number of fused-ring (bicyclic) bond motifs is 3. The number of ether oxygens (including phenoxy) is 1. The van der Waals surface area contributed by atoms with Gasteiger partial charge in [-0.05, 0) is 18.4 Å². The number of cyclic esters (lactones) is 1. The molecule has 126 valence electrons. The summed E-state index contributed by atoms with van der Waals surface area (Å²) in [6.07, 6.45) is -1.03.